The minimum atomic E-state index is -0.499. The van der Waals surface area contributed by atoms with E-state index in [4.69, 9.17) is 16.3 Å². The van der Waals surface area contributed by atoms with Gasteiger partial charge in [-0.2, -0.15) is 0 Å². The Bertz CT molecular complexity index is 912. The second kappa shape index (κ2) is 7.39. The van der Waals surface area contributed by atoms with Gasteiger partial charge in [0.25, 0.3) is 5.91 Å². The van der Waals surface area contributed by atoms with Crippen LogP contribution in [0, 0.1) is 0 Å². The standard InChI is InChI=1S/C18H14BrClN2O4/c1-26-15-8-11(6-13(20)16(15)23)7-14-17(24)22(18(25)21-14)9-10-2-4-12(19)5-3-10/h2-8,23H,9H2,1H3,(H,21,25)/b14-7-. The van der Waals surface area contributed by atoms with E-state index >= 15 is 0 Å². The molecule has 0 atom stereocenters. The molecule has 0 aliphatic carbocycles. The summed E-state index contributed by atoms with van der Waals surface area (Å²) in [6, 6.07) is 9.84. The Morgan fingerprint density at radius 2 is 1.96 bits per heavy atom. The lowest BCUT2D eigenvalue weighted by Crippen LogP contribution is -2.30. The molecule has 1 fully saturated rings. The number of urea groups is 1. The van der Waals surface area contributed by atoms with Crippen molar-refractivity contribution in [2.45, 2.75) is 6.54 Å². The van der Waals surface area contributed by atoms with Crippen molar-refractivity contribution in [3.63, 3.8) is 0 Å². The summed E-state index contributed by atoms with van der Waals surface area (Å²) >= 11 is 9.29. The highest BCUT2D eigenvalue weighted by Gasteiger charge is 2.33. The van der Waals surface area contributed by atoms with Gasteiger partial charge in [0.2, 0.25) is 0 Å². The molecule has 8 heteroatoms. The number of benzene rings is 2. The van der Waals surface area contributed by atoms with Gasteiger partial charge in [-0.1, -0.05) is 39.7 Å². The van der Waals surface area contributed by atoms with Crippen LogP contribution >= 0.6 is 27.5 Å². The molecular formula is C18H14BrClN2O4. The molecule has 2 aromatic carbocycles. The van der Waals surface area contributed by atoms with Gasteiger partial charge in [0.1, 0.15) is 5.70 Å². The molecule has 0 aromatic heterocycles. The van der Waals surface area contributed by atoms with E-state index in [0.717, 1.165) is 14.9 Å². The van der Waals surface area contributed by atoms with Crippen molar-refractivity contribution in [3.05, 3.63) is 62.7 Å². The van der Waals surface area contributed by atoms with Crippen molar-refractivity contribution in [1.82, 2.24) is 10.2 Å². The fourth-order valence-electron chi connectivity index (χ4n) is 2.49. The molecule has 2 N–H and O–H groups in total. The summed E-state index contributed by atoms with van der Waals surface area (Å²) in [5.41, 5.74) is 1.46. The normalized spacial score (nSPS) is 15.5. The van der Waals surface area contributed by atoms with Crippen LogP contribution in [0.25, 0.3) is 6.08 Å². The summed E-state index contributed by atoms with van der Waals surface area (Å²) in [5, 5.41) is 12.4. The maximum Gasteiger partial charge on any atom is 0.329 e. The smallest absolute Gasteiger partial charge is 0.329 e. The van der Waals surface area contributed by atoms with Crippen LogP contribution in [0.15, 0.2) is 46.6 Å². The number of aromatic hydroxyl groups is 1. The van der Waals surface area contributed by atoms with Gasteiger partial charge in [0.05, 0.1) is 18.7 Å². The van der Waals surface area contributed by atoms with E-state index < -0.39 is 11.9 Å². The number of carbonyl (C=O) groups is 2. The predicted molar refractivity (Wildman–Crippen MR) is 101 cm³/mol. The van der Waals surface area contributed by atoms with Crippen molar-refractivity contribution in [3.8, 4) is 11.5 Å². The lowest BCUT2D eigenvalue weighted by molar-refractivity contribution is -0.123. The maximum atomic E-state index is 12.5. The fourth-order valence-corrected chi connectivity index (χ4v) is 2.97. The van der Waals surface area contributed by atoms with E-state index in [9.17, 15) is 14.7 Å². The number of halogens is 2. The topological polar surface area (TPSA) is 78.9 Å². The number of ether oxygens (including phenoxy) is 1. The molecule has 26 heavy (non-hydrogen) atoms. The van der Waals surface area contributed by atoms with Crippen molar-refractivity contribution in [2.75, 3.05) is 7.11 Å². The zero-order valence-corrected chi connectivity index (χ0v) is 16.0. The zero-order valence-electron chi connectivity index (χ0n) is 13.6. The highest BCUT2D eigenvalue weighted by molar-refractivity contribution is 9.10. The summed E-state index contributed by atoms with van der Waals surface area (Å²) in [4.78, 5) is 25.8. The number of phenols is 1. The molecule has 0 bridgehead atoms. The van der Waals surface area contributed by atoms with Gasteiger partial charge >= 0.3 is 6.03 Å². The monoisotopic (exact) mass is 436 g/mol. The average molecular weight is 438 g/mol. The Labute approximate surface area is 163 Å². The molecule has 0 saturated carbocycles. The summed E-state index contributed by atoms with van der Waals surface area (Å²) in [6.07, 6.45) is 1.48. The third-order valence-corrected chi connectivity index (χ3v) is 4.61. The maximum absolute atomic E-state index is 12.5. The van der Waals surface area contributed by atoms with Crippen molar-refractivity contribution in [2.24, 2.45) is 0 Å². The molecule has 1 heterocycles. The van der Waals surface area contributed by atoms with E-state index in [1.165, 1.54) is 25.3 Å². The number of methoxy groups -OCH3 is 1. The van der Waals surface area contributed by atoms with Crippen LogP contribution in [-0.2, 0) is 11.3 Å². The molecule has 0 spiro atoms. The summed E-state index contributed by atoms with van der Waals surface area (Å²) in [6.45, 7) is 0.162. The number of amides is 3. The van der Waals surface area contributed by atoms with Crippen LogP contribution in [0.3, 0.4) is 0 Å². The van der Waals surface area contributed by atoms with E-state index in [-0.39, 0.29) is 28.8 Å². The van der Waals surface area contributed by atoms with Crippen molar-refractivity contribution in [1.29, 1.82) is 0 Å². The molecular weight excluding hydrogens is 424 g/mol. The van der Waals surface area contributed by atoms with Crippen LogP contribution in [0.4, 0.5) is 4.79 Å². The van der Waals surface area contributed by atoms with E-state index in [1.807, 2.05) is 24.3 Å². The van der Waals surface area contributed by atoms with Crippen LogP contribution in [0.1, 0.15) is 11.1 Å². The lowest BCUT2D eigenvalue weighted by Gasteiger charge is -2.11. The fraction of sp³-hybridized carbons (Fsp3) is 0.111. The van der Waals surface area contributed by atoms with Crippen LogP contribution in [-0.4, -0.2) is 29.1 Å². The van der Waals surface area contributed by atoms with Gasteiger partial charge in [-0.25, -0.2) is 4.79 Å². The van der Waals surface area contributed by atoms with Crippen molar-refractivity contribution < 1.29 is 19.4 Å². The largest absolute Gasteiger partial charge is 0.503 e. The Balaban J connectivity index is 1.85. The van der Waals surface area contributed by atoms with Gasteiger partial charge in [-0.05, 0) is 41.5 Å². The Hall–Kier alpha value is -2.51. The van der Waals surface area contributed by atoms with Crippen LogP contribution in [0.2, 0.25) is 5.02 Å². The summed E-state index contributed by atoms with van der Waals surface area (Å²) in [7, 11) is 1.39. The number of hydrogen-bond donors (Lipinski definition) is 2. The first-order valence-corrected chi connectivity index (χ1v) is 8.71. The predicted octanol–water partition coefficient (Wildman–Crippen LogP) is 3.91. The summed E-state index contributed by atoms with van der Waals surface area (Å²) < 4.78 is 5.95. The van der Waals surface area contributed by atoms with E-state index in [1.54, 1.807) is 0 Å². The first kappa shape index (κ1) is 18.3. The molecule has 1 saturated heterocycles. The number of imide groups is 1. The number of phenolic OH excluding ortho intramolecular Hbond substituents is 1. The number of nitrogens with zero attached hydrogens (tertiary/aromatic N) is 1. The highest BCUT2D eigenvalue weighted by Crippen LogP contribution is 2.35. The Kier molecular flexibility index (Phi) is 5.20. The molecule has 2 aromatic rings. The molecule has 6 nitrogen and oxygen atoms in total. The first-order valence-electron chi connectivity index (χ1n) is 7.54. The summed E-state index contributed by atoms with van der Waals surface area (Å²) in [5.74, 6) is -0.455. The van der Waals surface area contributed by atoms with Crippen molar-refractivity contribution >= 4 is 45.5 Å². The Morgan fingerprint density at radius 1 is 1.27 bits per heavy atom. The van der Waals surface area contributed by atoms with Gasteiger partial charge in [-0.15, -0.1) is 0 Å². The minimum Gasteiger partial charge on any atom is -0.503 e. The highest BCUT2D eigenvalue weighted by atomic mass is 79.9. The first-order chi connectivity index (χ1) is 12.4. The number of rotatable bonds is 4. The number of nitrogens with one attached hydrogen (secondary N) is 1. The molecule has 3 amide bonds. The van der Waals surface area contributed by atoms with Gasteiger partial charge in [-0.3, -0.25) is 9.69 Å². The van der Waals surface area contributed by atoms with Gasteiger partial charge in [0, 0.05) is 4.47 Å². The average Bonchev–Trinajstić information content (AvgIpc) is 2.87. The van der Waals surface area contributed by atoms with E-state index in [0.29, 0.717) is 5.56 Å². The molecule has 1 aliphatic heterocycles. The molecule has 0 unspecified atom stereocenters. The quantitative estimate of drug-likeness (QED) is 0.561. The van der Waals surface area contributed by atoms with E-state index in [2.05, 4.69) is 21.2 Å². The third-order valence-electron chi connectivity index (χ3n) is 3.80. The lowest BCUT2D eigenvalue weighted by atomic mass is 10.1. The minimum absolute atomic E-state index is 0.0830. The van der Waals surface area contributed by atoms with Crippen LogP contribution in [0.5, 0.6) is 11.5 Å². The van der Waals surface area contributed by atoms with Gasteiger partial charge < -0.3 is 15.2 Å². The number of hydrogen-bond acceptors (Lipinski definition) is 4. The number of carbonyl (C=O) groups excluding carboxylic acids is 2. The second-order valence-corrected chi connectivity index (χ2v) is 6.88. The second-order valence-electron chi connectivity index (χ2n) is 5.56. The zero-order chi connectivity index (χ0) is 18.8. The molecule has 0 radical (unpaired) electrons. The SMILES string of the molecule is COc1cc(/C=C2\NC(=O)N(Cc3ccc(Br)cc3)C2=O)cc(Cl)c1O. The molecule has 134 valence electrons. The molecule has 3 rings (SSSR count). The van der Waals surface area contributed by atoms with Gasteiger partial charge in [0.15, 0.2) is 11.5 Å². The third kappa shape index (κ3) is 3.68. The Morgan fingerprint density at radius 3 is 2.62 bits per heavy atom. The molecule has 1 aliphatic rings. The van der Waals surface area contributed by atoms with Crippen LogP contribution < -0.4 is 10.1 Å².